The Labute approximate surface area is 139 Å². The normalized spacial score (nSPS) is 10.9. The van der Waals surface area contributed by atoms with Crippen LogP contribution in [0.4, 0.5) is 15.5 Å². The van der Waals surface area contributed by atoms with E-state index in [4.69, 9.17) is 5.73 Å². The zero-order valence-corrected chi connectivity index (χ0v) is 13.9. The molecule has 0 radical (unpaired) electrons. The fraction of sp³-hybridized carbons (Fsp3) is 0.250. The summed E-state index contributed by atoms with van der Waals surface area (Å²) in [5.41, 5.74) is 5.83. The van der Waals surface area contributed by atoms with Crippen LogP contribution in [0.2, 0.25) is 0 Å². The Morgan fingerprint density at radius 1 is 1.09 bits per heavy atom. The molecule has 0 atom stereocenters. The molecule has 0 unspecified atom stereocenters. The van der Waals surface area contributed by atoms with Crippen LogP contribution >= 0.6 is 11.3 Å². The number of nitrogens with one attached hydrogen (secondary N) is 3. The fourth-order valence-electron chi connectivity index (χ4n) is 1.74. The molecule has 0 aliphatic carbocycles. The second kappa shape index (κ2) is 7.26. The average molecular weight is 332 g/mol. The summed E-state index contributed by atoms with van der Waals surface area (Å²) in [6.07, 6.45) is 0. The van der Waals surface area contributed by atoms with Gasteiger partial charge in [-0.2, -0.15) is 0 Å². The molecule has 0 bridgehead atoms. The van der Waals surface area contributed by atoms with E-state index in [9.17, 15) is 9.59 Å². The van der Waals surface area contributed by atoms with Gasteiger partial charge in [0.25, 0.3) is 5.91 Å². The van der Waals surface area contributed by atoms with Crippen LogP contribution in [0.1, 0.15) is 23.5 Å². The lowest BCUT2D eigenvalue weighted by Crippen LogP contribution is -2.48. The average Bonchev–Trinajstić information content (AvgIpc) is 2.96. The van der Waals surface area contributed by atoms with Crippen molar-refractivity contribution in [1.82, 2.24) is 5.32 Å². The maximum absolute atomic E-state index is 12.1. The number of carbonyl (C=O) groups is 2. The Morgan fingerprint density at radius 3 is 2.43 bits per heavy atom. The Kier molecular flexibility index (Phi) is 5.36. The molecule has 3 amide bonds. The van der Waals surface area contributed by atoms with Crippen molar-refractivity contribution in [1.29, 1.82) is 0 Å². The summed E-state index contributed by atoms with van der Waals surface area (Å²) < 4.78 is 0. The van der Waals surface area contributed by atoms with Crippen LogP contribution in [-0.2, 0) is 0 Å². The van der Waals surface area contributed by atoms with Crippen LogP contribution in [0.5, 0.6) is 0 Å². The zero-order valence-electron chi connectivity index (χ0n) is 13.1. The van der Waals surface area contributed by atoms with E-state index < -0.39 is 5.54 Å². The van der Waals surface area contributed by atoms with E-state index >= 15 is 0 Å². The second-order valence-electron chi connectivity index (χ2n) is 5.65. The van der Waals surface area contributed by atoms with E-state index in [1.807, 2.05) is 32.0 Å². The first-order valence-electron chi connectivity index (χ1n) is 7.15. The van der Waals surface area contributed by atoms with Gasteiger partial charge >= 0.3 is 6.03 Å². The van der Waals surface area contributed by atoms with E-state index in [-0.39, 0.29) is 11.9 Å². The third-order valence-corrected chi connectivity index (χ3v) is 4.06. The number of hydrogen-bond acceptors (Lipinski definition) is 4. The van der Waals surface area contributed by atoms with Crippen molar-refractivity contribution in [3.63, 3.8) is 0 Å². The Bertz CT molecular complexity index is 682. The standard InChI is InChI=1S/C16H20N4O2S/c1-16(2,10-17)20-14(21)12-8-9-13(23-12)19-15(22)18-11-6-4-3-5-7-11/h3-9H,10,17H2,1-2H3,(H,20,21)(H2,18,19,22). The van der Waals surface area contributed by atoms with Gasteiger partial charge in [-0.05, 0) is 38.1 Å². The van der Waals surface area contributed by atoms with Gasteiger partial charge in [-0.1, -0.05) is 18.2 Å². The topological polar surface area (TPSA) is 96.2 Å². The van der Waals surface area contributed by atoms with Crippen LogP contribution in [0.15, 0.2) is 42.5 Å². The smallest absolute Gasteiger partial charge is 0.324 e. The first-order chi connectivity index (χ1) is 10.9. The van der Waals surface area contributed by atoms with Crippen molar-refractivity contribution < 1.29 is 9.59 Å². The summed E-state index contributed by atoms with van der Waals surface area (Å²) in [5.74, 6) is -0.207. The fourth-order valence-corrected chi connectivity index (χ4v) is 2.54. The number of urea groups is 1. The molecule has 0 spiro atoms. The van der Waals surface area contributed by atoms with Crippen molar-refractivity contribution in [2.45, 2.75) is 19.4 Å². The number of para-hydroxylation sites is 1. The highest BCUT2D eigenvalue weighted by Crippen LogP contribution is 2.22. The molecule has 0 fully saturated rings. The lowest BCUT2D eigenvalue weighted by molar-refractivity contribution is 0.0920. The Morgan fingerprint density at radius 2 is 1.78 bits per heavy atom. The molecule has 1 aromatic carbocycles. The summed E-state index contributed by atoms with van der Waals surface area (Å²) in [5, 5.41) is 8.86. The molecule has 0 saturated carbocycles. The molecule has 2 aromatic rings. The SMILES string of the molecule is CC(C)(CN)NC(=O)c1ccc(NC(=O)Nc2ccccc2)s1. The van der Waals surface area contributed by atoms with Crippen LogP contribution in [-0.4, -0.2) is 24.0 Å². The van der Waals surface area contributed by atoms with Gasteiger partial charge in [0.2, 0.25) is 0 Å². The molecular formula is C16H20N4O2S. The number of hydrogen-bond donors (Lipinski definition) is 4. The minimum atomic E-state index is -0.473. The Hall–Kier alpha value is -2.38. The van der Waals surface area contributed by atoms with E-state index in [0.29, 0.717) is 22.1 Å². The van der Waals surface area contributed by atoms with E-state index in [0.717, 1.165) is 0 Å². The van der Waals surface area contributed by atoms with Crippen molar-refractivity contribution in [2.75, 3.05) is 17.2 Å². The molecule has 0 aliphatic rings. The second-order valence-corrected chi connectivity index (χ2v) is 6.73. The number of thiophene rings is 1. The highest BCUT2D eigenvalue weighted by molar-refractivity contribution is 7.18. The molecular weight excluding hydrogens is 312 g/mol. The maximum Gasteiger partial charge on any atom is 0.324 e. The van der Waals surface area contributed by atoms with Gasteiger partial charge < -0.3 is 16.4 Å². The predicted octanol–water partition coefficient (Wildman–Crippen LogP) is 2.86. The number of benzene rings is 1. The Balaban J connectivity index is 1.94. The quantitative estimate of drug-likeness (QED) is 0.678. The van der Waals surface area contributed by atoms with Crippen LogP contribution in [0.3, 0.4) is 0 Å². The molecule has 1 heterocycles. The molecule has 1 aromatic heterocycles. The molecule has 5 N–H and O–H groups in total. The third-order valence-electron chi connectivity index (χ3n) is 3.06. The van der Waals surface area contributed by atoms with Crippen molar-refractivity contribution in [3.8, 4) is 0 Å². The molecule has 0 aliphatic heterocycles. The minimum Gasteiger partial charge on any atom is -0.345 e. The molecule has 0 saturated heterocycles. The molecule has 23 heavy (non-hydrogen) atoms. The molecule has 122 valence electrons. The lowest BCUT2D eigenvalue weighted by Gasteiger charge is -2.23. The summed E-state index contributed by atoms with van der Waals surface area (Å²) in [6.45, 7) is 4.05. The van der Waals surface area contributed by atoms with Crippen LogP contribution in [0, 0.1) is 0 Å². The number of carbonyl (C=O) groups excluding carboxylic acids is 2. The first-order valence-corrected chi connectivity index (χ1v) is 7.97. The molecule has 7 heteroatoms. The predicted molar refractivity (Wildman–Crippen MR) is 94.0 cm³/mol. The van der Waals surface area contributed by atoms with Gasteiger partial charge in [0.1, 0.15) is 0 Å². The van der Waals surface area contributed by atoms with E-state index in [2.05, 4.69) is 16.0 Å². The zero-order chi connectivity index (χ0) is 16.9. The van der Waals surface area contributed by atoms with Gasteiger partial charge in [0.05, 0.1) is 9.88 Å². The monoisotopic (exact) mass is 332 g/mol. The highest BCUT2D eigenvalue weighted by atomic mass is 32.1. The summed E-state index contributed by atoms with van der Waals surface area (Å²) in [6, 6.07) is 12.1. The highest BCUT2D eigenvalue weighted by Gasteiger charge is 2.20. The lowest BCUT2D eigenvalue weighted by atomic mass is 10.1. The number of anilines is 2. The number of rotatable bonds is 5. The first kappa shape index (κ1) is 17.0. The van der Waals surface area contributed by atoms with Crippen molar-refractivity contribution in [2.24, 2.45) is 5.73 Å². The summed E-state index contributed by atoms with van der Waals surface area (Å²) in [4.78, 5) is 24.5. The summed E-state index contributed by atoms with van der Waals surface area (Å²) >= 11 is 1.21. The maximum atomic E-state index is 12.1. The number of amides is 3. The van der Waals surface area contributed by atoms with Crippen molar-refractivity contribution >= 4 is 34.0 Å². The summed E-state index contributed by atoms with van der Waals surface area (Å²) in [7, 11) is 0. The van der Waals surface area contributed by atoms with Gasteiger partial charge in [-0.15, -0.1) is 11.3 Å². The van der Waals surface area contributed by atoms with Gasteiger partial charge in [-0.25, -0.2) is 4.79 Å². The van der Waals surface area contributed by atoms with Gasteiger partial charge in [-0.3, -0.25) is 10.1 Å². The third kappa shape index (κ3) is 5.08. The van der Waals surface area contributed by atoms with Gasteiger partial charge in [0, 0.05) is 17.8 Å². The molecule has 6 nitrogen and oxygen atoms in total. The van der Waals surface area contributed by atoms with E-state index in [1.54, 1.807) is 24.3 Å². The van der Waals surface area contributed by atoms with E-state index in [1.165, 1.54) is 11.3 Å². The van der Waals surface area contributed by atoms with Crippen LogP contribution in [0.25, 0.3) is 0 Å². The van der Waals surface area contributed by atoms with Crippen LogP contribution < -0.4 is 21.7 Å². The van der Waals surface area contributed by atoms with Gasteiger partial charge in [0.15, 0.2) is 0 Å². The largest absolute Gasteiger partial charge is 0.345 e. The number of nitrogens with two attached hydrogens (primary N) is 1. The van der Waals surface area contributed by atoms with Crippen molar-refractivity contribution in [3.05, 3.63) is 47.3 Å². The minimum absolute atomic E-state index is 0.207. The molecule has 2 rings (SSSR count).